The molecule has 1 saturated heterocycles. The zero-order chi connectivity index (χ0) is 13.8. The van der Waals surface area contributed by atoms with Crippen molar-refractivity contribution >= 4 is 5.97 Å². The lowest BCUT2D eigenvalue weighted by molar-refractivity contribution is -0.140. The third-order valence-electron chi connectivity index (χ3n) is 4.13. The van der Waals surface area contributed by atoms with Gasteiger partial charge >= 0.3 is 5.97 Å². The highest BCUT2D eigenvalue weighted by Crippen LogP contribution is 2.29. The van der Waals surface area contributed by atoms with Crippen molar-refractivity contribution < 1.29 is 14.6 Å². The van der Waals surface area contributed by atoms with Crippen molar-refractivity contribution in [3.05, 3.63) is 0 Å². The van der Waals surface area contributed by atoms with Crippen molar-refractivity contribution in [2.75, 3.05) is 19.7 Å². The van der Waals surface area contributed by atoms with Gasteiger partial charge in [-0.25, -0.2) is 0 Å². The van der Waals surface area contributed by atoms with Crippen molar-refractivity contribution in [3.8, 4) is 0 Å². The van der Waals surface area contributed by atoms with Gasteiger partial charge in [-0.2, -0.15) is 0 Å². The van der Waals surface area contributed by atoms with E-state index in [-0.39, 0.29) is 6.04 Å². The van der Waals surface area contributed by atoms with Crippen molar-refractivity contribution in [1.29, 1.82) is 0 Å². The molecule has 0 aromatic heterocycles. The molecule has 0 aromatic rings. The monoisotopic (exact) mass is 270 g/mol. The van der Waals surface area contributed by atoms with Crippen molar-refractivity contribution in [1.82, 2.24) is 10.2 Å². The smallest absolute Gasteiger partial charge is 0.320 e. The third-order valence-corrected chi connectivity index (χ3v) is 4.13. The van der Waals surface area contributed by atoms with E-state index in [2.05, 4.69) is 10.2 Å². The van der Waals surface area contributed by atoms with E-state index in [4.69, 9.17) is 4.74 Å². The number of nitrogens with one attached hydrogen (secondary N) is 1. The Morgan fingerprint density at radius 3 is 2.95 bits per heavy atom. The molecule has 2 rings (SSSR count). The number of rotatable bonds is 6. The molecule has 0 spiro atoms. The van der Waals surface area contributed by atoms with Crippen LogP contribution in [0.2, 0.25) is 0 Å². The first-order valence-electron chi connectivity index (χ1n) is 7.42. The van der Waals surface area contributed by atoms with Crippen LogP contribution in [-0.4, -0.2) is 59.9 Å². The maximum atomic E-state index is 11.2. The molecular formula is C14H26N2O3. The molecular weight excluding hydrogens is 244 g/mol. The summed E-state index contributed by atoms with van der Waals surface area (Å²) in [4.78, 5) is 13.7. The van der Waals surface area contributed by atoms with Gasteiger partial charge in [-0.3, -0.25) is 9.69 Å². The molecule has 1 heterocycles. The average Bonchev–Trinajstić information content (AvgIpc) is 2.82. The summed E-state index contributed by atoms with van der Waals surface area (Å²) in [5.41, 5.74) is 0. The highest BCUT2D eigenvalue weighted by Gasteiger charge is 2.36. The number of fused-ring (bicyclic) bond motifs is 1. The quantitative estimate of drug-likeness (QED) is 0.756. The van der Waals surface area contributed by atoms with Crippen LogP contribution < -0.4 is 5.32 Å². The third kappa shape index (κ3) is 3.91. The molecule has 0 bridgehead atoms. The van der Waals surface area contributed by atoms with E-state index in [9.17, 15) is 9.90 Å². The van der Waals surface area contributed by atoms with E-state index < -0.39 is 12.0 Å². The minimum atomic E-state index is -0.745. The van der Waals surface area contributed by atoms with Gasteiger partial charge in [0.25, 0.3) is 0 Å². The Morgan fingerprint density at radius 2 is 2.26 bits per heavy atom. The van der Waals surface area contributed by atoms with Gasteiger partial charge in [0.05, 0.1) is 12.7 Å². The number of hydrogen-bond donors (Lipinski definition) is 2. The standard InChI is InChI=1S/C14H26N2O3/c1-10(2)15-11(14(17)18)6-7-16-8-9-19-13-5-3-4-12(13)16/h10-13,15H,3-9H2,1-2H3,(H,17,18). The van der Waals surface area contributed by atoms with Gasteiger partial charge in [0.15, 0.2) is 0 Å². The van der Waals surface area contributed by atoms with Crippen LogP contribution in [-0.2, 0) is 9.53 Å². The summed E-state index contributed by atoms with van der Waals surface area (Å²) >= 11 is 0. The Balaban J connectivity index is 1.84. The SMILES string of the molecule is CC(C)NC(CCN1CCOC2CCCC21)C(=O)O. The van der Waals surface area contributed by atoms with Crippen LogP contribution in [0, 0.1) is 0 Å². The van der Waals surface area contributed by atoms with Gasteiger partial charge in [0.1, 0.15) is 6.04 Å². The molecule has 3 atom stereocenters. The maximum Gasteiger partial charge on any atom is 0.320 e. The number of aliphatic carboxylic acids is 1. The summed E-state index contributed by atoms with van der Waals surface area (Å²) in [6.07, 6.45) is 4.64. The molecule has 2 fully saturated rings. The van der Waals surface area contributed by atoms with Crippen LogP contribution in [0.5, 0.6) is 0 Å². The Labute approximate surface area is 115 Å². The van der Waals surface area contributed by atoms with Crippen LogP contribution in [0.3, 0.4) is 0 Å². The fourth-order valence-corrected chi connectivity index (χ4v) is 3.26. The largest absolute Gasteiger partial charge is 0.480 e. The summed E-state index contributed by atoms with van der Waals surface area (Å²) in [6.45, 7) is 6.54. The molecule has 5 nitrogen and oxygen atoms in total. The van der Waals surface area contributed by atoms with Gasteiger partial charge in [-0.15, -0.1) is 0 Å². The zero-order valence-corrected chi connectivity index (χ0v) is 12.0. The van der Waals surface area contributed by atoms with Gasteiger partial charge in [-0.05, 0) is 25.7 Å². The van der Waals surface area contributed by atoms with Crippen LogP contribution >= 0.6 is 0 Å². The fourth-order valence-electron chi connectivity index (χ4n) is 3.26. The van der Waals surface area contributed by atoms with Crippen LogP contribution in [0.4, 0.5) is 0 Å². The molecule has 0 radical (unpaired) electrons. The van der Waals surface area contributed by atoms with Crippen molar-refractivity contribution in [2.45, 2.75) is 63.8 Å². The lowest BCUT2D eigenvalue weighted by Gasteiger charge is -2.38. The van der Waals surface area contributed by atoms with Crippen LogP contribution in [0.25, 0.3) is 0 Å². The Morgan fingerprint density at radius 1 is 1.47 bits per heavy atom. The molecule has 1 aliphatic heterocycles. The molecule has 1 aliphatic carbocycles. The lowest BCUT2D eigenvalue weighted by atomic mass is 10.1. The summed E-state index contributed by atoms with van der Waals surface area (Å²) in [6, 6.07) is 0.273. The van der Waals surface area contributed by atoms with Gasteiger partial charge in [0.2, 0.25) is 0 Å². The van der Waals surface area contributed by atoms with Gasteiger partial charge in [-0.1, -0.05) is 13.8 Å². The van der Waals surface area contributed by atoms with Gasteiger partial charge in [0, 0.05) is 25.2 Å². The summed E-state index contributed by atoms with van der Waals surface area (Å²) in [7, 11) is 0. The molecule has 2 N–H and O–H groups in total. The zero-order valence-electron chi connectivity index (χ0n) is 12.0. The van der Waals surface area contributed by atoms with Crippen LogP contribution in [0.1, 0.15) is 39.5 Å². The van der Waals surface area contributed by atoms with Crippen LogP contribution in [0.15, 0.2) is 0 Å². The molecule has 0 amide bonds. The second-order valence-electron chi connectivity index (χ2n) is 5.94. The van der Waals surface area contributed by atoms with E-state index in [1.54, 1.807) is 0 Å². The number of carboxylic acids is 1. The normalized spacial score (nSPS) is 29.4. The Bertz CT molecular complexity index is 309. The number of hydrogen-bond acceptors (Lipinski definition) is 4. The number of morpholine rings is 1. The van der Waals surface area contributed by atoms with E-state index in [0.29, 0.717) is 18.6 Å². The molecule has 1 saturated carbocycles. The number of nitrogens with zero attached hydrogens (tertiary/aromatic N) is 1. The second-order valence-corrected chi connectivity index (χ2v) is 5.94. The van der Waals surface area contributed by atoms with Crippen molar-refractivity contribution in [2.24, 2.45) is 0 Å². The highest BCUT2D eigenvalue weighted by molar-refractivity contribution is 5.73. The maximum absolute atomic E-state index is 11.2. The number of ether oxygens (including phenoxy) is 1. The number of carbonyl (C=O) groups is 1. The minimum Gasteiger partial charge on any atom is -0.480 e. The first-order chi connectivity index (χ1) is 9.08. The molecule has 0 aromatic carbocycles. The summed E-state index contributed by atoms with van der Waals surface area (Å²) < 4.78 is 5.78. The fraction of sp³-hybridized carbons (Fsp3) is 0.929. The molecule has 3 unspecified atom stereocenters. The Hall–Kier alpha value is -0.650. The van der Waals surface area contributed by atoms with E-state index in [1.165, 1.54) is 12.8 Å². The predicted molar refractivity (Wildman–Crippen MR) is 73.3 cm³/mol. The average molecular weight is 270 g/mol. The molecule has 2 aliphatic rings. The summed E-state index contributed by atoms with van der Waals surface area (Å²) in [5.74, 6) is -0.745. The first-order valence-corrected chi connectivity index (χ1v) is 7.42. The highest BCUT2D eigenvalue weighted by atomic mass is 16.5. The predicted octanol–water partition coefficient (Wildman–Crippen LogP) is 1.08. The van der Waals surface area contributed by atoms with E-state index in [1.807, 2.05) is 13.8 Å². The second kappa shape index (κ2) is 6.68. The topological polar surface area (TPSA) is 61.8 Å². The summed E-state index contributed by atoms with van der Waals surface area (Å²) in [5, 5.41) is 12.4. The first kappa shape index (κ1) is 14.8. The van der Waals surface area contributed by atoms with Crippen molar-refractivity contribution in [3.63, 3.8) is 0 Å². The van der Waals surface area contributed by atoms with Gasteiger partial charge < -0.3 is 15.2 Å². The molecule has 110 valence electrons. The Kier molecular flexibility index (Phi) is 5.19. The van der Waals surface area contributed by atoms with E-state index in [0.717, 1.165) is 26.1 Å². The lowest BCUT2D eigenvalue weighted by Crippen LogP contribution is -2.50. The molecule has 5 heteroatoms. The minimum absolute atomic E-state index is 0.199. The molecule has 19 heavy (non-hydrogen) atoms. The van der Waals surface area contributed by atoms with E-state index >= 15 is 0 Å². The number of carboxylic acid groups (broad SMARTS) is 1.